The summed E-state index contributed by atoms with van der Waals surface area (Å²) in [5.74, 6) is -5.66. The third kappa shape index (κ3) is 6.71. The second-order valence-corrected chi connectivity index (χ2v) is 12.6. The van der Waals surface area contributed by atoms with E-state index >= 15 is 0 Å². The van der Waals surface area contributed by atoms with Crippen molar-refractivity contribution in [1.82, 2.24) is 5.32 Å². The quantitative estimate of drug-likeness (QED) is 0.0464. The molecule has 268 valence electrons. The van der Waals surface area contributed by atoms with Crippen LogP contribution in [0.1, 0.15) is 41.5 Å². The molecule has 1 aliphatic carbocycles. The highest BCUT2D eigenvalue weighted by molar-refractivity contribution is 6.02. The van der Waals surface area contributed by atoms with E-state index in [0.29, 0.717) is 70.1 Å². The highest BCUT2D eigenvalue weighted by Gasteiger charge is 2.33. The third-order valence-electron chi connectivity index (χ3n) is 9.38. The zero-order chi connectivity index (χ0) is 37.3. The van der Waals surface area contributed by atoms with E-state index in [0.717, 1.165) is 6.08 Å². The molecule has 5 aromatic rings. The lowest BCUT2D eigenvalue weighted by atomic mass is 9.86. The number of carboxylic acids is 1. The lowest BCUT2D eigenvalue weighted by molar-refractivity contribution is -0.162. The molecule has 0 aliphatic heterocycles. The van der Waals surface area contributed by atoms with Crippen LogP contribution in [0.4, 0.5) is 0 Å². The van der Waals surface area contributed by atoms with Gasteiger partial charge in [0.05, 0.1) is 0 Å². The predicted molar refractivity (Wildman–Crippen MR) is 193 cm³/mol. The summed E-state index contributed by atoms with van der Waals surface area (Å²) in [7, 11) is 0. The van der Waals surface area contributed by atoms with Gasteiger partial charge in [-0.15, -0.1) is 0 Å². The molecule has 12 heteroatoms. The lowest BCUT2D eigenvalue weighted by Gasteiger charge is -2.24. The van der Waals surface area contributed by atoms with E-state index in [1.54, 1.807) is 30.3 Å². The van der Waals surface area contributed by atoms with Gasteiger partial charge in [-0.1, -0.05) is 31.2 Å². The second kappa shape index (κ2) is 14.4. The standard InChI is InChI=1S/C40H37NO11/c1-2-41-19-29(22-10-13-31(43)32(44)16-22)39(40(50)51)52-35(47)14-11-21-17-33(45)37(48)25-12-9-20(15-27(21)25)28-18-34(46)38(49)26-7-3-5-23-24(36(26)28)6-4-8-30(23)42/h4,6,8-18,29,39,41-46,48-49H,2-3,5,7,19H2,1H3,(H,50,51)/b14-11+/t29-,39+/m0/s1. The number of carbonyl (C=O) groups is 2. The molecule has 0 heterocycles. The molecule has 0 bridgehead atoms. The molecule has 0 unspecified atom stereocenters. The van der Waals surface area contributed by atoms with E-state index in [4.69, 9.17) is 4.74 Å². The minimum Gasteiger partial charge on any atom is -0.508 e. The molecule has 0 aromatic heterocycles. The fourth-order valence-electron chi connectivity index (χ4n) is 6.83. The number of phenolic OH excluding ortho intramolecular Hbond substituents is 7. The van der Waals surface area contributed by atoms with Gasteiger partial charge >= 0.3 is 11.9 Å². The Morgan fingerprint density at radius 3 is 2.25 bits per heavy atom. The topological polar surface area (TPSA) is 217 Å². The minimum absolute atomic E-state index is 0.0640. The molecule has 9 N–H and O–H groups in total. The Hall–Kier alpha value is -6.40. The number of hydrogen-bond acceptors (Lipinski definition) is 11. The van der Waals surface area contributed by atoms with Crippen molar-refractivity contribution in [3.8, 4) is 62.5 Å². The van der Waals surface area contributed by atoms with Crippen LogP contribution in [0.3, 0.4) is 0 Å². The van der Waals surface area contributed by atoms with Crippen molar-refractivity contribution in [2.45, 2.75) is 38.2 Å². The highest BCUT2D eigenvalue weighted by atomic mass is 16.6. The van der Waals surface area contributed by atoms with E-state index in [1.165, 1.54) is 36.4 Å². The van der Waals surface area contributed by atoms with Gasteiger partial charge in [0.15, 0.2) is 34.5 Å². The number of rotatable bonds is 10. The Balaban J connectivity index is 1.41. The highest BCUT2D eigenvalue weighted by Crippen LogP contribution is 2.49. The summed E-state index contributed by atoms with van der Waals surface area (Å²) in [6, 6.07) is 16.5. The number of ether oxygens (including phenoxy) is 1. The van der Waals surface area contributed by atoms with Crippen LogP contribution >= 0.6 is 0 Å². The zero-order valence-corrected chi connectivity index (χ0v) is 28.0. The van der Waals surface area contributed by atoms with Crippen LogP contribution < -0.4 is 5.32 Å². The molecule has 0 saturated heterocycles. The number of benzene rings is 5. The Morgan fingerprint density at radius 2 is 1.52 bits per heavy atom. The molecule has 5 aromatic carbocycles. The third-order valence-corrected chi connectivity index (χ3v) is 9.38. The van der Waals surface area contributed by atoms with Gasteiger partial charge in [-0.2, -0.15) is 0 Å². The summed E-state index contributed by atoms with van der Waals surface area (Å²) < 4.78 is 5.42. The maximum Gasteiger partial charge on any atom is 0.345 e. The molecule has 12 nitrogen and oxygen atoms in total. The number of nitrogens with one attached hydrogen (secondary N) is 1. The summed E-state index contributed by atoms with van der Waals surface area (Å²) in [5.41, 5.74) is 4.17. The van der Waals surface area contributed by atoms with E-state index in [2.05, 4.69) is 5.32 Å². The van der Waals surface area contributed by atoms with E-state index in [1.807, 2.05) is 13.0 Å². The van der Waals surface area contributed by atoms with Crippen LogP contribution in [-0.2, 0) is 27.2 Å². The normalized spacial score (nSPS) is 13.6. The molecule has 0 saturated carbocycles. The first-order valence-electron chi connectivity index (χ1n) is 16.6. The van der Waals surface area contributed by atoms with Crippen molar-refractivity contribution in [2.24, 2.45) is 0 Å². The Labute approximate surface area is 297 Å². The number of hydrogen-bond donors (Lipinski definition) is 9. The smallest absolute Gasteiger partial charge is 0.345 e. The number of carboxylic acid groups (broad SMARTS) is 1. The first-order valence-corrected chi connectivity index (χ1v) is 16.6. The van der Waals surface area contributed by atoms with Gasteiger partial charge in [0.25, 0.3) is 0 Å². The van der Waals surface area contributed by atoms with Crippen LogP contribution in [0.15, 0.2) is 72.8 Å². The molecule has 2 atom stereocenters. The average Bonchev–Trinajstić information content (AvgIpc) is 3.32. The maximum atomic E-state index is 13.2. The Kier molecular flexibility index (Phi) is 9.84. The van der Waals surface area contributed by atoms with Crippen LogP contribution in [0.5, 0.6) is 40.2 Å². The van der Waals surface area contributed by atoms with Crippen molar-refractivity contribution in [1.29, 1.82) is 0 Å². The summed E-state index contributed by atoms with van der Waals surface area (Å²) in [5, 5.41) is 87.3. The maximum absolute atomic E-state index is 13.2. The van der Waals surface area contributed by atoms with Crippen LogP contribution in [-0.4, -0.2) is 72.0 Å². The Morgan fingerprint density at radius 1 is 0.769 bits per heavy atom. The SMILES string of the molecule is CCNC[C@@H](c1ccc(O)c(O)c1)[C@@H](OC(=O)/C=C/c1cc(O)c(O)c2ccc(-c3cc(O)c(O)c4c3-c3cccc(O)c3CCC4)cc12)C(=O)O. The molecule has 0 amide bonds. The van der Waals surface area contributed by atoms with Crippen molar-refractivity contribution < 1.29 is 55.2 Å². The van der Waals surface area contributed by atoms with Gasteiger partial charge in [-0.25, -0.2) is 9.59 Å². The van der Waals surface area contributed by atoms with Gasteiger partial charge in [0, 0.05) is 35.1 Å². The number of carbonyl (C=O) groups excluding carboxylic acids is 1. The first-order chi connectivity index (χ1) is 24.9. The molecular formula is C40H37NO11. The summed E-state index contributed by atoms with van der Waals surface area (Å²) >= 11 is 0. The molecule has 6 rings (SSSR count). The monoisotopic (exact) mass is 707 g/mol. The van der Waals surface area contributed by atoms with Gasteiger partial charge in [-0.3, -0.25) is 0 Å². The van der Waals surface area contributed by atoms with Crippen molar-refractivity contribution in [3.05, 3.63) is 95.1 Å². The number of esters is 1. The largest absolute Gasteiger partial charge is 0.508 e. The number of aromatic hydroxyl groups is 7. The number of fused-ring (bicyclic) bond motifs is 4. The zero-order valence-electron chi connectivity index (χ0n) is 28.0. The van der Waals surface area contributed by atoms with Crippen LogP contribution in [0.2, 0.25) is 0 Å². The lowest BCUT2D eigenvalue weighted by Crippen LogP contribution is -2.38. The minimum atomic E-state index is -1.70. The second-order valence-electron chi connectivity index (χ2n) is 12.6. The van der Waals surface area contributed by atoms with E-state index in [-0.39, 0.29) is 34.7 Å². The number of likely N-dealkylation sites (N-methyl/N-ethyl adjacent to an activating group) is 1. The molecule has 0 spiro atoms. The summed E-state index contributed by atoms with van der Waals surface area (Å²) in [6.07, 6.45) is 2.18. The summed E-state index contributed by atoms with van der Waals surface area (Å²) in [4.78, 5) is 25.6. The van der Waals surface area contributed by atoms with Gasteiger partial charge in [0.2, 0.25) is 6.10 Å². The molecule has 0 fully saturated rings. The van der Waals surface area contributed by atoms with Crippen molar-refractivity contribution >= 4 is 28.8 Å². The van der Waals surface area contributed by atoms with Gasteiger partial charge in [0.1, 0.15) is 5.75 Å². The predicted octanol–water partition coefficient (Wildman–Crippen LogP) is 6.00. The molecule has 1 aliphatic rings. The van der Waals surface area contributed by atoms with Crippen LogP contribution in [0.25, 0.3) is 39.1 Å². The van der Waals surface area contributed by atoms with Crippen LogP contribution in [0, 0.1) is 0 Å². The molecular weight excluding hydrogens is 670 g/mol. The molecule has 0 radical (unpaired) electrons. The van der Waals surface area contributed by atoms with E-state index < -0.39 is 47.0 Å². The number of phenols is 7. The fraction of sp³-hybridized carbons (Fsp3) is 0.200. The van der Waals surface area contributed by atoms with Gasteiger partial charge < -0.3 is 50.9 Å². The number of aliphatic carboxylic acids is 1. The van der Waals surface area contributed by atoms with E-state index in [9.17, 15) is 50.4 Å². The van der Waals surface area contributed by atoms with Gasteiger partial charge in [-0.05, 0) is 113 Å². The average molecular weight is 708 g/mol. The fourth-order valence-corrected chi connectivity index (χ4v) is 6.83. The van der Waals surface area contributed by atoms with Crippen molar-refractivity contribution in [3.63, 3.8) is 0 Å². The summed E-state index contributed by atoms with van der Waals surface area (Å²) in [6.45, 7) is 2.35. The molecule has 52 heavy (non-hydrogen) atoms. The Bertz CT molecular complexity index is 2240. The van der Waals surface area contributed by atoms with Crippen molar-refractivity contribution in [2.75, 3.05) is 13.1 Å². The first kappa shape index (κ1) is 35.4.